The molecule has 0 fully saturated rings. The molecule has 0 aliphatic rings. The highest BCUT2D eigenvalue weighted by Gasteiger charge is 2.17. The third-order valence-electron chi connectivity index (χ3n) is 3.26. The molecule has 2 nitrogen and oxygen atoms in total. The van der Waals surface area contributed by atoms with Crippen LogP contribution in [0.1, 0.15) is 31.9 Å². The number of nitrogens with one attached hydrogen (secondary N) is 2. The lowest BCUT2D eigenvalue weighted by Crippen LogP contribution is -2.22. The highest BCUT2D eigenvalue weighted by atomic mass is 32.1. The molecule has 0 aliphatic heterocycles. The molecule has 0 atom stereocenters. The van der Waals surface area contributed by atoms with Crippen molar-refractivity contribution in [2.45, 2.75) is 33.1 Å². The Bertz CT molecular complexity index is 642. The van der Waals surface area contributed by atoms with Crippen molar-refractivity contribution >= 4 is 28.7 Å². The fraction of sp³-hybridized carbons (Fsp3) is 0.278. The molecular formula is C18H22N2S. The summed E-state index contributed by atoms with van der Waals surface area (Å²) in [6, 6.07) is 16.4. The maximum absolute atomic E-state index is 5.42. The molecule has 0 amide bonds. The van der Waals surface area contributed by atoms with Crippen LogP contribution in [0.2, 0.25) is 0 Å². The average molecular weight is 298 g/mol. The molecule has 21 heavy (non-hydrogen) atoms. The van der Waals surface area contributed by atoms with Crippen LogP contribution in [0.15, 0.2) is 48.5 Å². The van der Waals surface area contributed by atoms with Crippen LogP contribution in [0.5, 0.6) is 0 Å². The zero-order valence-electron chi connectivity index (χ0n) is 13.0. The summed E-state index contributed by atoms with van der Waals surface area (Å²) in [5.41, 5.74) is 4.58. The van der Waals surface area contributed by atoms with Crippen LogP contribution in [0.4, 0.5) is 11.4 Å². The van der Waals surface area contributed by atoms with Gasteiger partial charge in [-0.2, -0.15) is 0 Å². The van der Waals surface area contributed by atoms with Crippen LogP contribution in [0, 0.1) is 6.92 Å². The van der Waals surface area contributed by atoms with Crippen molar-refractivity contribution in [3.8, 4) is 0 Å². The minimum Gasteiger partial charge on any atom is -0.332 e. The Labute approximate surface area is 132 Å². The number of aryl methyl sites for hydroxylation is 1. The number of rotatable bonds is 2. The lowest BCUT2D eigenvalue weighted by Gasteiger charge is -2.23. The van der Waals surface area contributed by atoms with Crippen molar-refractivity contribution < 1.29 is 0 Å². The van der Waals surface area contributed by atoms with E-state index in [0.29, 0.717) is 5.11 Å². The number of para-hydroxylation sites is 1. The molecule has 0 aromatic heterocycles. The topological polar surface area (TPSA) is 24.1 Å². The molecular weight excluding hydrogens is 276 g/mol. The lowest BCUT2D eigenvalue weighted by molar-refractivity contribution is 0.592. The number of hydrogen-bond acceptors (Lipinski definition) is 1. The lowest BCUT2D eigenvalue weighted by atomic mass is 9.86. The van der Waals surface area contributed by atoms with Crippen molar-refractivity contribution in [3.63, 3.8) is 0 Å². The van der Waals surface area contributed by atoms with Gasteiger partial charge in [-0.05, 0) is 53.9 Å². The molecule has 110 valence electrons. The van der Waals surface area contributed by atoms with Gasteiger partial charge in [-0.15, -0.1) is 0 Å². The normalized spacial score (nSPS) is 11.0. The summed E-state index contributed by atoms with van der Waals surface area (Å²) in [7, 11) is 0. The summed E-state index contributed by atoms with van der Waals surface area (Å²) in [4.78, 5) is 0. The van der Waals surface area contributed by atoms with Crippen molar-refractivity contribution in [3.05, 3.63) is 59.7 Å². The summed E-state index contributed by atoms with van der Waals surface area (Å²) in [6.45, 7) is 8.66. The van der Waals surface area contributed by atoms with E-state index in [0.717, 1.165) is 11.4 Å². The Kier molecular flexibility index (Phi) is 4.63. The third-order valence-corrected chi connectivity index (χ3v) is 3.46. The van der Waals surface area contributed by atoms with Gasteiger partial charge in [0.15, 0.2) is 5.11 Å². The van der Waals surface area contributed by atoms with Crippen molar-refractivity contribution in [2.75, 3.05) is 10.6 Å². The first-order valence-corrected chi connectivity index (χ1v) is 7.51. The first-order chi connectivity index (χ1) is 9.86. The van der Waals surface area contributed by atoms with Crippen LogP contribution in [0.25, 0.3) is 0 Å². The second kappa shape index (κ2) is 6.27. The van der Waals surface area contributed by atoms with E-state index >= 15 is 0 Å². The van der Waals surface area contributed by atoms with Gasteiger partial charge in [-0.3, -0.25) is 0 Å². The Morgan fingerprint density at radius 2 is 1.67 bits per heavy atom. The summed E-state index contributed by atoms with van der Waals surface area (Å²) in [6.07, 6.45) is 0. The zero-order chi connectivity index (χ0) is 15.5. The fourth-order valence-electron chi connectivity index (χ4n) is 2.25. The predicted octanol–water partition coefficient (Wildman–Crippen LogP) is 5.10. The summed E-state index contributed by atoms with van der Waals surface area (Å²) in [5.74, 6) is 0. The fourth-order valence-corrected chi connectivity index (χ4v) is 2.48. The van der Waals surface area contributed by atoms with Crippen molar-refractivity contribution in [1.29, 1.82) is 0 Å². The van der Waals surface area contributed by atoms with Crippen molar-refractivity contribution in [2.24, 2.45) is 0 Å². The highest BCUT2D eigenvalue weighted by molar-refractivity contribution is 7.80. The second-order valence-electron chi connectivity index (χ2n) is 6.24. The quantitative estimate of drug-likeness (QED) is 0.754. The maximum atomic E-state index is 5.42. The molecule has 0 radical (unpaired) electrons. The van der Waals surface area contributed by atoms with E-state index < -0.39 is 0 Å². The molecule has 0 saturated heterocycles. The number of hydrogen-bond donors (Lipinski definition) is 2. The zero-order valence-corrected chi connectivity index (χ0v) is 13.8. The van der Waals surface area contributed by atoms with Crippen LogP contribution in [-0.2, 0) is 5.41 Å². The standard InChI is InChI=1S/C18H22N2S/c1-13-8-7-9-14(12-13)19-17(21)20-16-11-6-5-10-15(16)18(2,3)4/h5-12H,1-4H3,(H2,19,20,21). The van der Waals surface area contributed by atoms with E-state index in [1.54, 1.807) is 0 Å². The Morgan fingerprint density at radius 1 is 0.952 bits per heavy atom. The van der Waals surface area contributed by atoms with E-state index in [1.807, 2.05) is 18.2 Å². The summed E-state index contributed by atoms with van der Waals surface area (Å²) >= 11 is 5.42. The van der Waals surface area contributed by atoms with E-state index in [4.69, 9.17) is 12.2 Å². The first-order valence-electron chi connectivity index (χ1n) is 7.10. The summed E-state index contributed by atoms with van der Waals surface area (Å²) < 4.78 is 0. The van der Waals surface area contributed by atoms with Crippen LogP contribution in [-0.4, -0.2) is 5.11 Å². The minimum atomic E-state index is 0.0720. The second-order valence-corrected chi connectivity index (χ2v) is 6.65. The molecule has 0 unspecified atom stereocenters. The van der Waals surface area contributed by atoms with Gasteiger partial charge in [0.1, 0.15) is 0 Å². The van der Waals surface area contributed by atoms with Gasteiger partial charge in [-0.1, -0.05) is 51.1 Å². The molecule has 0 aliphatic carbocycles. The van der Waals surface area contributed by atoms with Crippen molar-refractivity contribution in [1.82, 2.24) is 0 Å². The average Bonchev–Trinajstić information content (AvgIpc) is 2.37. The smallest absolute Gasteiger partial charge is 0.175 e. The molecule has 2 N–H and O–H groups in total. The molecule has 2 aromatic rings. The van der Waals surface area contributed by atoms with Gasteiger partial charge in [-0.25, -0.2) is 0 Å². The van der Waals surface area contributed by atoms with Gasteiger partial charge in [0.25, 0.3) is 0 Å². The Balaban J connectivity index is 2.14. The SMILES string of the molecule is Cc1cccc(NC(=S)Nc2ccccc2C(C)(C)C)c1. The van der Waals surface area contributed by atoms with E-state index in [2.05, 4.69) is 68.7 Å². The van der Waals surface area contributed by atoms with Crippen LogP contribution in [0.3, 0.4) is 0 Å². The van der Waals surface area contributed by atoms with Gasteiger partial charge >= 0.3 is 0 Å². The van der Waals surface area contributed by atoms with Gasteiger partial charge in [0.2, 0.25) is 0 Å². The van der Waals surface area contributed by atoms with Crippen LogP contribution < -0.4 is 10.6 Å². The van der Waals surface area contributed by atoms with Gasteiger partial charge in [0.05, 0.1) is 0 Å². The summed E-state index contributed by atoms with van der Waals surface area (Å²) in [5, 5.41) is 7.14. The van der Waals surface area contributed by atoms with E-state index in [9.17, 15) is 0 Å². The molecule has 0 heterocycles. The Hall–Kier alpha value is -1.87. The van der Waals surface area contributed by atoms with Gasteiger partial charge < -0.3 is 10.6 Å². The number of benzene rings is 2. The maximum Gasteiger partial charge on any atom is 0.175 e. The van der Waals surface area contributed by atoms with Gasteiger partial charge in [0, 0.05) is 11.4 Å². The third kappa shape index (κ3) is 4.30. The monoisotopic (exact) mass is 298 g/mol. The first kappa shape index (κ1) is 15.5. The molecule has 2 aromatic carbocycles. The molecule has 3 heteroatoms. The minimum absolute atomic E-state index is 0.0720. The highest BCUT2D eigenvalue weighted by Crippen LogP contribution is 2.29. The molecule has 0 saturated carbocycles. The Morgan fingerprint density at radius 3 is 2.33 bits per heavy atom. The largest absolute Gasteiger partial charge is 0.332 e. The molecule has 2 rings (SSSR count). The van der Waals surface area contributed by atoms with E-state index in [-0.39, 0.29) is 5.41 Å². The van der Waals surface area contributed by atoms with E-state index in [1.165, 1.54) is 11.1 Å². The molecule has 0 bridgehead atoms. The number of anilines is 2. The molecule has 0 spiro atoms. The predicted molar refractivity (Wildman–Crippen MR) is 96.2 cm³/mol. The van der Waals surface area contributed by atoms with Crippen LogP contribution >= 0.6 is 12.2 Å². The number of thiocarbonyl (C=S) groups is 1.